The van der Waals surface area contributed by atoms with E-state index in [9.17, 15) is 9.18 Å². The fourth-order valence-electron chi connectivity index (χ4n) is 4.19. The molecule has 0 aliphatic rings. The van der Waals surface area contributed by atoms with E-state index in [4.69, 9.17) is 4.74 Å². The van der Waals surface area contributed by atoms with E-state index in [2.05, 4.69) is 23.6 Å². The number of nitrogens with zero attached hydrogens (tertiary/aromatic N) is 1. The predicted molar refractivity (Wildman–Crippen MR) is 131 cm³/mol. The van der Waals surface area contributed by atoms with Crippen LogP contribution >= 0.6 is 11.8 Å². The van der Waals surface area contributed by atoms with Crippen molar-refractivity contribution in [2.45, 2.75) is 45.6 Å². The van der Waals surface area contributed by atoms with E-state index in [1.54, 1.807) is 11.8 Å². The number of fused-ring (bicyclic) bond motifs is 3. The number of carbonyl (C=O) groups is 1. The number of halogens is 1. The van der Waals surface area contributed by atoms with Crippen LogP contribution in [0.25, 0.3) is 21.8 Å². The summed E-state index contributed by atoms with van der Waals surface area (Å²) in [6, 6.07) is 16.9. The molecular weight excluding hydrogens is 421 g/mol. The van der Waals surface area contributed by atoms with Gasteiger partial charge in [-0.25, -0.2) is 4.39 Å². The lowest BCUT2D eigenvalue weighted by Crippen LogP contribution is -2.18. The maximum Gasteiger partial charge on any atom is 0.311 e. The first-order valence-electron chi connectivity index (χ1n) is 10.7. The minimum atomic E-state index is -0.246. The molecule has 0 amide bonds. The van der Waals surface area contributed by atoms with Crippen molar-refractivity contribution < 1.29 is 13.9 Å². The number of aromatic nitrogens is 1. The Hall–Kier alpha value is -2.79. The summed E-state index contributed by atoms with van der Waals surface area (Å²) in [5, 5.41) is 2.31. The zero-order chi connectivity index (χ0) is 23.0. The third kappa shape index (κ3) is 4.40. The quantitative estimate of drug-likeness (QED) is 0.181. The number of benzene rings is 3. The lowest BCUT2D eigenvalue weighted by atomic mass is 9.92. The Labute approximate surface area is 192 Å². The minimum absolute atomic E-state index is 0.146. The van der Waals surface area contributed by atoms with Crippen molar-refractivity contribution in [1.82, 2.24) is 4.57 Å². The molecule has 0 saturated carbocycles. The molecule has 0 aliphatic carbocycles. The molecule has 0 spiro atoms. The number of carbonyl (C=O) groups excluding carboxylic acids is 1. The topological polar surface area (TPSA) is 31.2 Å². The molecule has 0 N–H and O–H groups in total. The molecule has 0 bridgehead atoms. The highest BCUT2D eigenvalue weighted by atomic mass is 32.2. The average molecular weight is 450 g/mol. The molecule has 0 aliphatic heterocycles. The summed E-state index contributed by atoms with van der Waals surface area (Å²) in [4.78, 5) is 13.6. The summed E-state index contributed by atoms with van der Waals surface area (Å²) in [7, 11) is 0. The van der Waals surface area contributed by atoms with Crippen LogP contribution in [0.15, 0.2) is 59.5 Å². The van der Waals surface area contributed by atoms with Gasteiger partial charge in [0.05, 0.1) is 16.8 Å². The van der Waals surface area contributed by atoms with Crippen molar-refractivity contribution in [3.8, 4) is 5.75 Å². The van der Waals surface area contributed by atoms with Gasteiger partial charge in [0.15, 0.2) is 0 Å². The molecule has 5 heteroatoms. The highest BCUT2D eigenvalue weighted by molar-refractivity contribution is 7.99. The zero-order valence-electron chi connectivity index (χ0n) is 19.2. The van der Waals surface area contributed by atoms with Gasteiger partial charge in [-0.2, -0.15) is 0 Å². The number of thioether (sulfide) groups is 1. The standard InChI is InChI=1S/C27H28FNO2S/c1-17-14-22(31-23(30)15-27(2,3)4)26(32-5)25-24(17)20-8-6-7-9-21(20)29(25)16-18-10-12-19(28)13-11-18/h6-14H,15-16H2,1-5H3. The van der Waals surface area contributed by atoms with Gasteiger partial charge < -0.3 is 9.30 Å². The minimum Gasteiger partial charge on any atom is -0.425 e. The van der Waals surface area contributed by atoms with Crippen molar-refractivity contribution in [3.63, 3.8) is 0 Å². The summed E-state index contributed by atoms with van der Waals surface area (Å²) in [5.74, 6) is 0.123. The Bertz CT molecular complexity index is 1300. The summed E-state index contributed by atoms with van der Waals surface area (Å²) in [6.45, 7) is 8.73. The van der Waals surface area contributed by atoms with E-state index < -0.39 is 0 Å². The zero-order valence-corrected chi connectivity index (χ0v) is 20.0. The second kappa shape index (κ2) is 8.62. The number of rotatable bonds is 5. The molecule has 166 valence electrons. The van der Waals surface area contributed by atoms with Gasteiger partial charge in [-0.15, -0.1) is 11.8 Å². The second-order valence-electron chi connectivity index (χ2n) is 9.39. The number of aryl methyl sites for hydroxylation is 1. The van der Waals surface area contributed by atoms with Crippen LogP contribution in [-0.2, 0) is 11.3 Å². The van der Waals surface area contributed by atoms with E-state index in [0.717, 1.165) is 37.8 Å². The average Bonchev–Trinajstić information content (AvgIpc) is 3.03. The largest absolute Gasteiger partial charge is 0.425 e. The Kier molecular flexibility index (Phi) is 6.04. The number of ether oxygens (including phenoxy) is 1. The molecule has 32 heavy (non-hydrogen) atoms. The highest BCUT2D eigenvalue weighted by Gasteiger charge is 2.23. The monoisotopic (exact) mass is 449 g/mol. The van der Waals surface area contributed by atoms with Gasteiger partial charge in [0.1, 0.15) is 11.6 Å². The van der Waals surface area contributed by atoms with Crippen LogP contribution in [0.3, 0.4) is 0 Å². The Balaban J connectivity index is 1.93. The maximum absolute atomic E-state index is 13.5. The van der Waals surface area contributed by atoms with Crippen molar-refractivity contribution in [2.75, 3.05) is 6.26 Å². The van der Waals surface area contributed by atoms with E-state index in [-0.39, 0.29) is 17.2 Å². The first kappa shape index (κ1) is 22.4. The van der Waals surface area contributed by atoms with E-state index in [1.807, 2.05) is 57.4 Å². The molecule has 0 unspecified atom stereocenters. The summed E-state index contributed by atoms with van der Waals surface area (Å²) < 4.78 is 21.6. The third-order valence-corrected chi connectivity index (χ3v) is 6.31. The Morgan fingerprint density at radius 1 is 1.09 bits per heavy atom. The molecule has 3 nitrogen and oxygen atoms in total. The Morgan fingerprint density at radius 2 is 1.78 bits per heavy atom. The normalized spacial score (nSPS) is 11.9. The third-order valence-electron chi connectivity index (χ3n) is 5.51. The van der Waals surface area contributed by atoms with Gasteiger partial charge in [-0.3, -0.25) is 4.79 Å². The molecule has 4 rings (SSSR count). The smallest absolute Gasteiger partial charge is 0.311 e. The Morgan fingerprint density at radius 3 is 2.44 bits per heavy atom. The van der Waals surface area contributed by atoms with Crippen LogP contribution < -0.4 is 4.74 Å². The molecule has 1 heterocycles. The molecule has 3 aromatic carbocycles. The van der Waals surface area contributed by atoms with E-state index in [1.165, 1.54) is 12.1 Å². The highest BCUT2D eigenvalue weighted by Crippen LogP contribution is 2.43. The molecule has 0 fully saturated rings. The number of hydrogen-bond donors (Lipinski definition) is 0. The van der Waals surface area contributed by atoms with Gasteiger partial charge in [0.2, 0.25) is 0 Å². The lowest BCUT2D eigenvalue weighted by Gasteiger charge is -2.18. The molecule has 1 aromatic heterocycles. The fraction of sp³-hybridized carbons (Fsp3) is 0.296. The van der Waals surface area contributed by atoms with Crippen molar-refractivity contribution >= 4 is 39.5 Å². The predicted octanol–water partition coefficient (Wildman–Crippen LogP) is 7.35. The van der Waals surface area contributed by atoms with Crippen LogP contribution in [0.5, 0.6) is 5.75 Å². The van der Waals surface area contributed by atoms with Crippen LogP contribution in [0, 0.1) is 18.2 Å². The van der Waals surface area contributed by atoms with Gasteiger partial charge >= 0.3 is 5.97 Å². The van der Waals surface area contributed by atoms with E-state index in [0.29, 0.717) is 18.7 Å². The van der Waals surface area contributed by atoms with Crippen molar-refractivity contribution in [3.05, 3.63) is 71.5 Å². The lowest BCUT2D eigenvalue weighted by molar-refractivity contribution is -0.136. The number of esters is 1. The van der Waals surface area contributed by atoms with Gasteiger partial charge in [0, 0.05) is 22.8 Å². The fourth-order valence-corrected chi connectivity index (χ4v) is 4.90. The van der Waals surface area contributed by atoms with Gasteiger partial charge in [-0.05, 0) is 54.0 Å². The molecule has 4 aromatic rings. The van der Waals surface area contributed by atoms with Crippen LogP contribution in [0.2, 0.25) is 0 Å². The molecular formula is C27H28FNO2S. The number of hydrogen-bond acceptors (Lipinski definition) is 3. The van der Waals surface area contributed by atoms with Crippen molar-refractivity contribution in [1.29, 1.82) is 0 Å². The van der Waals surface area contributed by atoms with Crippen LogP contribution in [0.1, 0.15) is 38.3 Å². The first-order valence-corrected chi connectivity index (χ1v) is 11.9. The summed E-state index contributed by atoms with van der Waals surface area (Å²) in [6.07, 6.45) is 2.35. The maximum atomic E-state index is 13.5. The second-order valence-corrected chi connectivity index (χ2v) is 10.2. The van der Waals surface area contributed by atoms with Crippen LogP contribution in [-0.4, -0.2) is 16.8 Å². The number of para-hydroxylation sites is 1. The molecule has 0 radical (unpaired) electrons. The SMILES string of the molecule is CSc1c(OC(=O)CC(C)(C)C)cc(C)c2c3ccccc3n(Cc3ccc(F)cc3)c12. The first-order chi connectivity index (χ1) is 15.2. The summed E-state index contributed by atoms with van der Waals surface area (Å²) in [5.41, 5.74) is 4.07. The van der Waals surface area contributed by atoms with E-state index >= 15 is 0 Å². The van der Waals surface area contributed by atoms with Gasteiger partial charge in [0.25, 0.3) is 0 Å². The summed E-state index contributed by atoms with van der Waals surface area (Å²) >= 11 is 1.58. The molecule has 0 atom stereocenters. The molecule has 0 saturated heterocycles. The van der Waals surface area contributed by atoms with Crippen LogP contribution in [0.4, 0.5) is 4.39 Å². The van der Waals surface area contributed by atoms with Gasteiger partial charge in [-0.1, -0.05) is 51.1 Å². The van der Waals surface area contributed by atoms with Crippen molar-refractivity contribution in [2.24, 2.45) is 5.41 Å².